The molecule has 0 bridgehead atoms. The fourth-order valence-corrected chi connectivity index (χ4v) is 2.12. The van der Waals surface area contributed by atoms with E-state index in [4.69, 9.17) is 9.66 Å². The van der Waals surface area contributed by atoms with Crippen molar-refractivity contribution in [1.29, 1.82) is 0 Å². The molecule has 0 fully saturated rings. The molecule has 5 heteroatoms. The summed E-state index contributed by atoms with van der Waals surface area (Å²) in [6.45, 7) is -0.174. The zero-order chi connectivity index (χ0) is 11.8. The van der Waals surface area contributed by atoms with Crippen LogP contribution in [0, 0.1) is 0 Å². The second-order valence-electron chi connectivity index (χ2n) is 3.43. The lowest BCUT2D eigenvalue weighted by atomic mass is 10.1. The molecular formula is C11H10O4S. The fraction of sp³-hybridized carbons (Fsp3) is 0.0909. The monoisotopic (exact) mass is 238 g/mol. The first kappa shape index (κ1) is 11.1. The molecule has 2 rings (SSSR count). The van der Waals surface area contributed by atoms with E-state index in [0.717, 1.165) is 5.39 Å². The van der Waals surface area contributed by atoms with E-state index in [2.05, 4.69) is 0 Å². The van der Waals surface area contributed by atoms with E-state index in [9.17, 15) is 8.42 Å². The molecular weight excluding hydrogens is 228 g/mol. The molecule has 2 aromatic carbocycles. The fourth-order valence-electron chi connectivity index (χ4n) is 1.61. The summed E-state index contributed by atoms with van der Waals surface area (Å²) in [6, 6.07) is 9.58. The Bertz CT molecular complexity index is 631. The maximum absolute atomic E-state index is 11.0. The minimum atomic E-state index is -4.20. The van der Waals surface area contributed by atoms with Gasteiger partial charge in [0.1, 0.15) is 0 Å². The number of aliphatic hydroxyl groups is 1. The third-order valence-electron chi connectivity index (χ3n) is 2.41. The molecule has 0 spiro atoms. The topological polar surface area (TPSA) is 74.6 Å². The Balaban J connectivity index is 2.78. The van der Waals surface area contributed by atoms with Crippen molar-refractivity contribution in [3.63, 3.8) is 0 Å². The summed E-state index contributed by atoms with van der Waals surface area (Å²) in [5.41, 5.74) is 0.628. The van der Waals surface area contributed by atoms with Gasteiger partial charge in [-0.15, -0.1) is 0 Å². The lowest BCUT2D eigenvalue weighted by molar-refractivity contribution is 0.283. The van der Waals surface area contributed by atoms with Crippen molar-refractivity contribution in [1.82, 2.24) is 0 Å². The molecule has 0 amide bonds. The van der Waals surface area contributed by atoms with Crippen molar-refractivity contribution in [2.75, 3.05) is 0 Å². The van der Waals surface area contributed by atoms with Gasteiger partial charge in [-0.2, -0.15) is 8.42 Å². The van der Waals surface area contributed by atoms with Crippen molar-refractivity contribution in [3.05, 3.63) is 42.0 Å². The van der Waals surface area contributed by atoms with Crippen LogP contribution in [0.3, 0.4) is 0 Å². The van der Waals surface area contributed by atoms with Crippen molar-refractivity contribution in [2.45, 2.75) is 11.5 Å². The lowest BCUT2D eigenvalue weighted by Crippen LogP contribution is -1.98. The Kier molecular flexibility index (Phi) is 2.67. The van der Waals surface area contributed by atoms with Crippen LogP contribution in [0.4, 0.5) is 0 Å². The lowest BCUT2D eigenvalue weighted by Gasteiger charge is -2.05. The molecule has 84 valence electrons. The molecule has 0 atom stereocenters. The molecule has 2 N–H and O–H groups in total. The summed E-state index contributed by atoms with van der Waals surface area (Å²) in [6.07, 6.45) is 0. The highest BCUT2D eigenvalue weighted by molar-refractivity contribution is 7.85. The summed E-state index contributed by atoms with van der Waals surface area (Å²) < 4.78 is 30.9. The maximum Gasteiger partial charge on any atom is 0.294 e. The molecule has 2 aromatic rings. The number of hydrogen-bond acceptors (Lipinski definition) is 3. The van der Waals surface area contributed by atoms with Crippen LogP contribution in [0.1, 0.15) is 5.56 Å². The molecule has 0 saturated carbocycles. The van der Waals surface area contributed by atoms with Crippen LogP contribution in [0.25, 0.3) is 10.8 Å². The second kappa shape index (κ2) is 3.86. The van der Waals surface area contributed by atoms with Crippen LogP contribution in [0.5, 0.6) is 0 Å². The number of benzene rings is 2. The van der Waals surface area contributed by atoms with Crippen LogP contribution < -0.4 is 0 Å². The molecule has 0 aliphatic heterocycles. The van der Waals surface area contributed by atoms with Crippen LogP contribution in [0.15, 0.2) is 41.3 Å². The minimum Gasteiger partial charge on any atom is -0.392 e. The van der Waals surface area contributed by atoms with Crippen LogP contribution in [-0.4, -0.2) is 18.1 Å². The standard InChI is InChI=1S/C11H10O4S/c12-7-9-3-1-2-8-4-5-10(6-11(8)9)16(13,14)15/h1-6,12H,7H2,(H,13,14,15). The Morgan fingerprint density at radius 3 is 2.50 bits per heavy atom. The summed E-state index contributed by atoms with van der Waals surface area (Å²) >= 11 is 0. The van der Waals surface area contributed by atoms with Gasteiger partial charge in [-0.1, -0.05) is 24.3 Å². The SMILES string of the molecule is O=S(=O)(O)c1ccc2cccc(CO)c2c1. The summed E-state index contributed by atoms with van der Waals surface area (Å²) in [4.78, 5) is -0.166. The molecule has 0 aliphatic rings. The number of aliphatic hydroxyl groups excluding tert-OH is 1. The van der Waals surface area contributed by atoms with E-state index in [1.54, 1.807) is 18.2 Å². The van der Waals surface area contributed by atoms with Gasteiger partial charge in [-0.05, 0) is 28.5 Å². The Morgan fingerprint density at radius 2 is 1.88 bits per heavy atom. The molecule has 0 aliphatic carbocycles. The van der Waals surface area contributed by atoms with Gasteiger partial charge in [-0.25, -0.2) is 0 Å². The normalized spacial score (nSPS) is 11.9. The zero-order valence-corrected chi connectivity index (χ0v) is 9.11. The minimum absolute atomic E-state index is 0.166. The first-order chi connectivity index (χ1) is 7.52. The third-order valence-corrected chi connectivity index (χ3v) is 3.26. The average Bonchev–Trinajstić information content (AvgIpc) is 2.26. The molecule has 0 radical (unpaired) electrons. The first-order valence-electron chi connectivity index (χ1n) is 4.62. The number of hydrogen-bond donors (Lipinski definition) is 2. The van der Waals surface area contributed by atoms with Crippen molar-refractivity contribution >= 4 is 20.9 Å². The highest BCUT2D eigenvalue weighted by Gasteiger charge is 2.10. The average molecular weight is 238 g/mol. The smallest absolute Gasteiger partial charge is 0.294 e. The molecule has 0 unspecified atom stereocenters. The highest BCUT2D eigenvalue weighted by atomic mass is 32.2. The summed E-state index contributed by atoms with van der Waals surface area (Å²) in [5.74, 6) is 0. The second-order valence-corrected chi connectivity index (χ2v) is 4.85. The zero-order valence-electron chi connectivity index (χ0n) is 8.29. The Morgan fingerprint density at radius 1 is 1.12 bits per heavy atom. The largest absolute Gasteiger partial charge is 0.392 e. The molecule has 0 aromatic heterocycles. The van der Waals surface area contributed by atoms with Crippen LogP contribution in [0.2, 0.25) is 0 Å². The van der Waals surface area contributed by atoms with Crippen LogP contribution >= 0.6 is 0 Å². The van der Waals surface area contributed by atoms with E-state index in [1.165, 1.54) is 12.1 Å². The Hall–Kier alpha value is -1.43. The van der Waals surface area contributed by atoms with E-state index in [1.807, 2.05) is 6.07 Å². The summed E-state index contributed by atoms with van der Waals surface area (Å²) in [5, 5.41) is 10.6. The highest BCUT2D eigenvalue weighted by Crippen LogP contribution is 2.22. The van der Waals surface area contributed by atoms with E-state index >= 15 is 0 Å². The predicted molar refractivity (Wildman–Crippen MR) is 59.7 cm³/mol. The van der Waals surface area contributed by atoms with Gasteiger partial charge in [0, 0.05) is 0 Å². The van der Waals surface area contributed by atoms with E-state index < -0.39 is 10.1 Å². The first-order valence-corrected chi connectivity index (χ1v) is 6.06. The van der Waals surface area contributed by atoms with Gasteiger partial charge >= 0.3 is 0 Å². The molecule has 4 nitrogen and oxygen atoms in total. The Labute approximate surface area is 92.9 Å². The van der Waals surface area contributed by atoms with Crippen molar-refractivity contribution in [2.24, 2.45) is 0 Å². The number of fused-ring (bicyclic) bond motifs is 1. The van der Waals surface area contributed by atoms with Gasteiger partial charge in [0.15, 0.2) is 0 Å². The van der Waals surface area contributed by atoms with Crippen molar-refractivity contribution in [3.8, 4) is 0 Å². The van der Waals surface area contributed by atoms with Gasteiger partial charge in [-0.3, -0.25) is 4.55 Å². The summed E-state index contributed by atoms with van der Waals surface area (Å²) in [7, 11) is -4.20. The van der Waals surface area contributed by atoms with Gasteiger partial charge in [0.2, 0.25) is 0 Å². The van der Waals surface area contributed by atoms with E-state index in [-0.39, 0.29) is 11.5 Å². The van der Waals surface area contributed by atoms with Crippen molar-refractivity contribution < 1.29 is 18.1 Å². The molecule has 0 heterocycles. The predicted octanol–water partition coefficient (Wildman–Crippen LogP) is 1.58. The molecule has 16 heavy (non-hydrogen) atoms. The van der Waals surface area contributed by atoms with E-state index in [0.29, 0.717) is 10.9 Å². The van der Waals surface area contributed by atoms with Gasteiger partial charge < -0.3 is 5.11 Å². The number of rotatable bonds is 2. The van der Waals surface area contributed by atoms with Crippen LogP contribution in [-0.2, 0) is 16.7 Å². The molecule has 0 saturated heterocycles. The quantitative estimate of drug-likeness (QED) is 0.779. The maximum atomic E-state index is 11.0. The van der Waals surface area contributed by atoms with Gasteiger partial charge in [0.25, 0.3) is 10.1 Å². The third kappa shape index (κ3) is 1.92. The van der Waals surface area contributed by atoms with Gasteiger partial charge in [0.05, 0.1) is 11.5 Å².